The molecule has 0 saturated heterocycles. The Hall–Kier alpha value is -0.970. The molecule has 1 N–H and O–H groups in total. The lowest BCUT2D eigenvalue weighted by Gasteiger charge is -1.96. The second-order valence-electron chi connectivity index (χ2n) is 1.98. The molecular weight excluding hydrogens is 228 g/mol. The summed E-state index contributed by atoms with van der Waals surface area (Å²) >= 11 is 3.10. The van der Waals surface area contributed by atoms with Crippen molar-refractivity contribution in [1.82, 2.24) is 0 Å². The molecule has 0 amide bonds. The summed E-state index contributed by atoms with van der Waals surface area (Å²) in [5.74, 6) is -1.04. The summed E-state index contributed by atoms with van der Waals surface area (Å²) in [6.07, 6.45) is 0. The Bertz CT molecular complexity index is 292. The Labute approximate surface area is 77.3 Å². The van der Waals surface area contributed by atoms with Crippen LogP contribution in [-0.4, -0.2) is 17.7 Å². The third-order valence-electron chi connectivity index (χ3n) is 1.14. The van der Waals surface area contributed by atoms with Crippen LogP contribution >= 0.6 is 15.9 Å². The van der Waals surface area contributed by atoms with Gasteiger partial charge in [-0.15, -0.1) is 0 Å². The van der Waals surface area contributed by atoms with Gasteiger partial charge >= 0.3 is 5.97 Å². The number of hydrogen-bond acceptors (Lipinski definition) is 3. The predicted octanol–water partition coefficient (Wildman–Crippen LogP) is 2.14. The summed E-state index contributed by atoms with van der Waals surface area (Å²) in [5, 5.41) is 8.52. The van der Waals surface area contributed by atoms with Crippen LogP contribution in [-0.2, 0) is 0 Å². The molecule has 0 aromatic carbocycles. The average molecular weight is 235 g/mol. The fraction of sp³-hybridized carbons (Fsp3) is 0.286. The van der Waals surface area contributed by atoms with E-state index in [1.54, 1.807) is 6.92 Å². The molecule has 0 unspecified atom stereocenters. The van der Waals surface area contributed by atoms with Gasteiger partial charge < -0.3 is 14.3 Å². The molecule has 0 aliphatic rings. The van der Waals surface area contributed by atoms with Crippen molar-refractivity contribution in [2.45, 2.75) is 6.92 Å². The Morgan fingerprint density at radius 2 is 2.50 bits per heavy atom. The van der Waals surface area contributed by atoms with Crippen LogP contribution in [0.2, 0.25) is 0 Å². The fourth-order valence-electron chi connectivity index (χ4n) is 0.687. The maximum Gasteiger partial charge on any atom is 0.371 e. The van der Waals surface area contributed by atoms with Crippen LogP contribution < -0.4 is 4.74 Å². The van der Waals surface area contributed by atoms with Gasteiger partial charge in [-0.2, -0.15) is 0 Å². The van der Waals surface area contributed by atoms with Gasteiger partial charge in [0.2, 0.25) is 5.76 Å². The molecule has 12 heavy (non-hydrogen) atoms. The van der Waals surface area contributed by atoms with E-state index in [1.807, 2.05) is 0 Å². The largest absolute Gasteiger partial charge is 0.475 e. The summed E-state index contributed by atoms with van der Waals surface area (Å²) in [6, 6.07) is 1.35. The molecule has 0 radical (unpaired) electrons. The third kappa shape index (κ3) is 1.79. The summed E-state index contributed by atoms with van der Waals surface area (Å²) in [6.45, 7) is 2.22. The van der Waals surface area contributed by atoms with E-state index >= 15 is 0 Å². The molecule has 1 aromatic rings. The zero-order chi connectivity index (χ0) is 9.14. The van der Waals surface area contributed by atoms with E-state index < -0.39 is 5.97 Å². The Morgan fingerprint density at radius 1 is 1.83 bits per heavy atom. The first-order valence-electron chi connectivity index (χ1n) is 3.30. The molecule has 1 heterocycles. The SMILES string of the molecule is CCOc1oc(C(=O)O)cc1Br. The highest BCUT2D eigenvalue weighted by Crippen LogP contribution is 2.28. The molecule has 4 nitrogen and oxygen atoms in total. The molecule has 0 aliphatic heterocycles. The third-order valence-corrected chi connectivity index (χ3v) is 1.69. The van der Waals surface area contributed by atoms with Crippen LogP contribution in [0.5, 0.6) is 5.95 Å². The zero-order valence-electron chi connectivity index (χ0n) is 6.33. The molecular formula is C7H7BrO4. The van der Waals surface area contributed by atoms with Gasteiger partial charge in [0.15, 0.2) is 0 Å². The van der Waals surface area contributed by atoms with E-state index in [0.29, 0.717) is 11.1 Å². The second kappa shape index (κ2) is 3.62. The van der Waals surface area contributed by atoms with Crippen molar-refractivity contribution in [3.05, 3.63) is 16.3 Å². The number of aromatic carboxylic acids is 1. The first-order valence-corrected chi connectivity index (χ1v) is 4.10. The van der Waals surface area contributed by atoms with Crippen LogP contribution in [0.1, 0.15) is 17.5 Å². The molecule has 5 heteroatoms. The van der Waals surface area contributed by atoms with Crippen LogP contribution in [0.25, 0.3) is 0 Å². The van der Waals surface area contributed by atoms with Gasteiger partial charge in [-0.1, -0.05) is 0 Å². The molecule has 0 atom stereocenters. The number of ether oxygens (including phenoxy) is 1. The van der Waals surface area contributed by atoms with Crippen LogP contribution in [0.15, 0.2) is 15.0 Å². The first-order chi connectivity index (χ1) is 5.65. The zero-order valence-corrected chi connectivity index (χ0v) is 7.92. The normalized spacial score (nSPS) is 9.83. The van der Waals surface area contributed by atoms with Gasteiger partial charge in [0, 0.05) is 6.07 Å². The van der Waals surface area contributed by atoms with Gasteiger partial charge in [0.05, 0.1) is 6.61 Å². The van der Waals surface area contributed by atoms with Crippen molar-refractivity contribution < 1.29 is 19.1 Å². The van der Waals surface area contributed by atoms with Gasteiger partial charge in [-0.05, 0) is 22.9 Å². The van der Waals surface area contributed by atoms with E-state index in [-0.39, 0.29) is 11.7 Å². The van der Waals surface area contributed by atoms with E-state index in [9.17, 15) is 4.79 Å². The molecule has 0 bridgehead atoms. The number of carboxylic acids is 1. The highest BCUT2D eigenvalue weighted by atomic mass is 79.9. The molecule has 0 fully saturated rings. The van der Waals surface area contributed by atoms with Gasteiger partial charge in [0.1, 0.15) is 4.47 Å². The van der Waals surface area contributed by atoms with Crippen molar-refractivity contribution in [2.24, 2.45) is 0 Å². The molecule has 1 aromatic heterocycles. The number of rotatable bonds is 3. The predicted molar refractivity (Wildman–Crippen MR) is 44.5 cm³/mol. The topological polar surface area (TPSA) is 59.7 Å². The molecule has 1 rings (SSSR count). The number of halogens is 1. The number of carbonyl (C=O) groups is 1. The number of furan rings is 1. The lowest BCUT2D eigenvalue weighted by Crippen LogP contribution is -1.92. The lowest BCUT2D eigenvalue weighted by molar-refractivity contribution is 0.0654. The molecule has 0 saturated carbocycles. The van der Waals surface area contributed by atoms with Crippen LogP contribution in [0.3, 0.4) is 0 Å². The maximum absolute atomic E-state index is 10.4. The minimum Gasteiger partial charge on any atom is -0.475 e. The molecule has 0 aliphatic carbocycles. The van der Waals surface area contributed by atoms with Gasteiger partial charge in [0.25, 0.3) is 5.95 Å². The smallest absolute Gasteiger partial charge is 0.371 e. The lowest BCUT2D eigenvalue weighted by atomic mass is 10.5. The maximum atomic E-state index is 10.4. The highest BCUT2D eigenvalue weighted by molar-refractivity contribution is 9.10. The van der Waals surface area contributed by atoms with Crippen molar-refractivity contribution in [3.8, 4) is 5.95 Å². The monoisotopic (exact) mass is 234 g/mol. The van der Waals surface area contributed by atoms with E-state index in [0.717, 1.165) is 0 Å². The standard InChI is InChI=1S/C7H7BrO4/c1-2-11-7-4(8)3-5(12-7)6(9)10/h3H,2H2,1H3,(H,9,10). The summed E-state index contributed by atoms with van der Waals surface area (Å²) < 4.78 is 10.4. The summed E-state index contributed by atoms with van der Waals surface area (Å²) in [5.41, 5.74) is 0. The van der Waals surface area contributed by atoms with Gasteiger partial charge in [-0.25, -0.2) is 4.79 Å². The minimum absolute atomic E-state index is 0.134. The van der Waals surface area contributed by atoms with Crippen molar-refractivity contribution in [1.29, 1.82) is 0 Å². The minimum atomic E-state index is -1.11. The Balaban J connectivity index is 2.92. The van der Waals surface area contributed by atoms with Crippen molar-refractivity contribution >= 4 is 21.9 Å². The first kappa shape index (κ1) is 9.12. The van der Waals surface area contributed by atoms with Crippen molar-refractivity contribution in [3.63, 3.8) is 0 Å². The van der Waals surface area contributed by atoms with Crippen LogP contribution in [0.4, 0.5) is 0 Å². The van der Waals surface area contributed by atoms with Gasteiger partial charge in [-0.3, -0.25) is 0 Å². The van der Waals surface area contributed by atoms with E-state index in [1.165, 1.54) is 6.07 Å². The Morgan fingerprint density at radius 3 is 2.92 bits per heavy atom. The van der Waals surface area contributed by atoms with Crippen molar-refractivity contribution in [2.75, 3.05) is 6.61 Å². The fourth-order valence-corrected chi connectivity index (χ4v) is 1.09. The van der Waals surface area contributed by atoms with E-state index in [4.69, 9.17) is 14.3 Å². The summed E-state index contributed by atoms with van der Waals surface area (Å²) in [7, 11) is 0. The summed E-state index contributed by atoms with van der Waals surface area (Å²) in [4.78, 5) is 10.4. The average Bonchev–Trinajstić information content (AvgIpc) is 2.34. The second-order valence-corrected chi connectivity index (χ2v) is 2.84. The van der Waals surface area contributed by atoms with Crippen LogP contribution in [0, 0.1) is 0 Å². The number of hydrogen-bond donors (Lipinski definition) is 1. The van der Waals surface area contributed by atoms with E-state index in [2.05, 4.69) is 15.9 Å². The number of carboxylic acid groups (broad SMARTS) is 1. The highest BCUT2D eigenvalue weighted by Gasteiger charge is 2.14. The molecule has 0 spiro atoms. The quantitative estimate of drug-likeness (QED) is 0.871. The molecule has 66 valence electrons. The Kier molecular flexibility index (Phi) is 2.75.